The number of esters is 1. The van der Waals surface area contributed by atoms with E-state index >= 15 is 0 Å². The van der Waals surface area contributed by atoms with Crippen molar-refractivity contribution in [3.8, 4) is 0 Å². The van der Waals surface area contributed by atoms with Crippen molar-refractivity contribution in [1.82, 2.24) is 0 Å². The van der Waals surface area contributed by atoms with Crippen LogP contribution in [0.4, 0.5) is 0 Å². The second-order valence-electron chi connectivity index (χ2n) is 22.9. The molecule has 7 N–H and O–H groups in total. The van der Waals surface area contributed by atoms with Crippen molar-refractivity contribution in [3.63, 3.8) is 0 Å². The van der Waals surface area contributed by atoms with Gasteiger partial charge in [0.05, 0.1) is 26.4 Å². The molecule has 0 spiro atoms. The summed E-state index contributed by atoms with van der Waals surface area (Å²) in [6.07, 6.45) is 51.4. The van der Waals surface area contributed by atoms with Crippen molar-refractivity contribution in [3.05, 3.63) is 60.8 Å². The van der Waals surface area contributed by atoms with E-state index in [0.717, 1.165) is 64.2 Å². The van der Waals surface area contributed by atoms with Crippen molar-refractivity contribution < 1.29 is 69.0 Å². The molecule has 2 saturated heterocycles. The maximum absolute atomic E-state index is 13.1. The lowest BCUT2D eigenvalue weighted by Crippen LogP contribution is -2.61. The Bertz CT molecular complexity index is 1570. The minimum Gasteiger partial charge on any atom is -0.457 e. The molecule has 14 nitrogen and oxygen atoms in total. The highest BCUT2D eigenvalue weighted by Crippen LogP contribution is 2.27. The number of rotatable bonds is 54. The molecule has 0 bridgehead atoms. The third-order valence-electron chi connectivity index (χ3n) is 15.5. The van der Waals surface area contributed by atoms with Gasteiger partial charge in [0.2, 0.25) is 0 Å². The molecule has 0 radical (unpaired) electrons. The zero-order valence-corrected chi connectivity index (χ0v) is 51.0. The Morgan fingerprint density at radius 3 is 1.20 bits per heavy atom. The van der Waals surface area contributed by atoms with Crippen LogP contribution in [0.2, 0.25) is 0 Å². The number of carbonyl (C=O) groups is 1. The standard InChI is InChI=1S/C67H120O14/c1-3-5-7-9-11-13-15-17-19-21-23-25-27-28-29-30-32-34-36-38-40-42-44-46-48-50-59(69)79-56(53-76-51-49-47-45-43-41-39-37-35-33-31-26-24-22-20-18-16-14-12-10-8-6-4-2)54-77-66-65(75)63(73)61(71)58(81-66)55-78-67-64(74)62(72)60(70)57(52-68)80-67/h15-18,21-24,31,33,56-58,60-68,70-75H,3-14,19-20,25-30,32,34-55H2,1-2H3/b17-15-,18-16-,23-21-,24-22-,33-31-. The summed E-state index contributed by atoms with van der Waals surface area (Å²) in [5, 5.41) is 72.5. The number of hydrogen-bond acceptors (Lipinski definition) is 14. The number of aliphatic hydroxyl groups is 7. The summed E-state index contributed by atoms with van der Waals surface area (Å²) in [5.41, 5.74) is 0. The largest absolute Gasteiger partial charge is 0.457 e. The number of hydrogen-bond donors (Lipinski definition) is 7. The lowest BCUT2D eigenvalue weighted by molar-refractivity contribution is -0.332. The Kier molecular flexibility index (Phi) is 49.1. The third kappa shape index (κ3) is 39.1. The zero-order chi connectivity index (χ0) is 58.6. The van der Waals surface area contributed by atoms with Crippen LogP contribution in [-0.2, 0) is 33.2 Å². The fourth-order valence-electron chi connectivity index (χ4n) is 10.2. The van der Waals surface area contributed by atoms with Gasteiger partial charge < -0.3 is 64.2 Å². The first-order valence-electron chi connectivity index (χ1n) is 32.9. The zero-order valence-electron chi connectivity index (χ0n) is 51.0. The first-order chi connectivity index (χ1) is 39.6. The Labute approximate surface area is 492 Å². The second-order valence-corrected chi connectivity index (χ2v) is 22.9. The van der Waals surface area contributed by atoms with Crippen LogP contribution < -0.4 is 0 Å². The first-order valence-corrected chi connectivity index (χ1v) is 32.9. The lowest BCUT2D eigenvalue weighted by Gasteiger charge is -2.42. The molecule has 2 heterocycles. The Hall–Kier alpha value is -2.31. The summed E-state index contributed by atoms with van der Waals surface area (Å²) in [6, 6.07) is 0. The number of allylic oxidation sites excluding steroid dienone is 10. The predicted octanol–water partition coefficient (Wildman–Crippen LogP) is 13.2. The van der Waals surface area contributed by atoms with E-state index in [9.17, 15) is 40.5 Å². The van der Waals surface area contributed by atoms with Gasteiger partial charge in [-0.05, 0) is 83.5 Å². The molecule has 2 fully saturated rings. The number of aliphatic hydroxyl groups excluding tert-OH is 7. The van der Waals surface area contributed by atoms with Crippen LogP contribution in [0.25, 0.3) is 0 Å². The SMILES string of the molecule is CCCCCCC/C=C\C/C=C\C/C=C\CCCCCCCCCOCC(COC1OC(COC2OC(CO)C(O)C(O)C2O)C(O)C(O)C1O)OC(=O)CCCCCCCCCCCCCCC/C=C\C/C=C\CCCCCCC. The van der Waals surface area contributed by atoms with Crippen molar-refractivity contribution in [1.29, 1.82) is 0 Å². The van der Waals surface area contributed by atoms with Crippen LogP contribution in [0.15, 0.2) is 60.8 Å². The van der Waals surface area contributed by atoms with Gasteiger partial charge in [0.15, 0.2) is 12.6 Å². The van der Waals surface area contributed by atoms with Gasteiger partial charge >= 0.3 is 5.97 Å². The van der Waals surface area contributed by atoms with Gasteiger partial charge in [0.1, 0.15) is 54.9 Å². The first kappa shape index (κ1) is 74.8. The minimum absolute atomic E-state index is 0.0538. The Morgan fingerprint density at radius 2 is 0.765 bits per heavy atom. The van der Waals surface area contributed by atoms with Gasteiger partial charge in [0, 0.05) is 13.0 Å². The molecule has 0 aromatic carbocycles. The number of ether oxygens (including phenoxy) is 6. The molecule has 11 atom stereocenters. The second kappa shape index (κ2) is 53.2. The minimum atomic E-state index is -1.71. The molecule has 81 heavy (non-hydrogen) atoms. The molecule has 0 saturated carbocycles. The number of unbranched alkanes of at least 4 members (excludes halogenated alkanes) is 30. The fraction of sp³-hybridized carbons (Fsp3) is 0.836. The van der Waals surface area contributed by atoms with Gasteiger partial charge in [-0.1, -0.05) is 229 Å². The molecule has 2 rings (SSSR count). The van der Waals surface area contributed by atoms with Crippen molar-refractivity contribution in [2.45, 2.75) is 325 Å². The van der Waals surface area contributed by atoms with Gasteiger partial charge in [0.25, 0.3) is 0 Å². The highest BCUT2D eigenvalue weighted by Gasteiger charge is 2.47. The fourth-order valence-corrected chi connectivity index (χ4v) is 10.2. The Balaban J connectivity index is 1.67. The summed E-state index contributed by atoms with van der Waals surface area (Å²) in [6.45, 7) is 3.68. The van der Waals surface area contributed by atoms with Crippen LogP contribution in [0.3, 0.4) is 0 Å². The summed E-state index contributed by atoms with van der Waals surface area (Å²) >= 11 is 0. The average molecular weight is 1150 g/mol. The van der Waals surface area contributed by atoms with Crippen LogP contribution in [0, 0.1) is 0 Å². The summed E-state index contributed by atoms with van der Waals surface area (Å²) in [4.78, 5) is 13.1. The van der Waals surface area contributed by atoms with Gasteiger partial charge in [-0.3, -0.25) is 4.79 Å². The van der Waals surface area contributed by atoms with Gasteiger partial charge in [-0.2, -0.15) is 0 Å². The molecule has 0 aromatic heterocycles. The molecule has 2 aliphatic heterocycles. The quantitative estimate of drug-likeness (QED) is 0.0172. The highest BCUT2D eigenvalue weighted by atomic mass is 16.7. The molecule has 0 aliphatic carbocycles. The summed E-state index contributed by atoms with van der Waals surface area (Å²) in [7, 11) is 0. The van der Waals surface area contributed by atoms with Crippen molar-refractivity contribution >= 4 is 5.97 Å². The molecule has 472 valence electrons. The molecule has 11 unspecified atom stereocenters. The van der Waals surface area contributed by atoms with Gasteiger partial charge in [-0.15, -0.1) is 0 Å². The summed E-state index contributed by atoms with van der Waals surface area (Å²) in [5.74, 6) is -0.379. The van der Waals surface area contributed by atoms with E-state index in [0.29, 0.717) is 13.0 Å². The average Bonchev–Trinajstić information content (AvgIpc) is 3.57. The van der Waals surface area contributed by atoms with Crippen LogP contribution in [0.1, 0.15) is 258 Å². The topological polar surface area (TPSA) is 214 Å². The normalized spacial score (nSPS) is 24.1. The Morgan fingerprint density at radius 1 is 0.407 bits per heavy atom. The predicted molar refractivity (Wildman–Crippen MR) is 326 cm³/mol. The monoisotopic (exact) mass is 1150 g/mol. The van der Waals surface area contributed by atoms with E-state index < -0.39 is 80.7 Å². The van der Waals surface area contributed by atoms with E-state index in [2.05, 4.69) is 74.6 Å². The third-order valence-corrected chi connectivity index (χ3v) is 15.5. The maximum Gasteiger partial charge on any atom is 0.306 e. The molecular formula is C67H120O14. The molecule has 2 aliphatic rings. The molecular weight excluding hydrogens is 1030 g/mol. The van der Waals surface area contributed by atoms with Crippen LogP contribution in [-0.4, -0.2) is 142 Å². The number of carbonyl (C=O) groups excluding carboxylic acids is 1. The van der Waals surface area contributed by atoms with E-state index in [4.69, 9.17) is 28.4 Å². The maximum atomic E-state index is 13.1. The van der Waals surface area contributed by atoms with E-state index in [1.807, 2.05) is 0 Å². The molecule has 0 aromatic rings. The van der Waals surface area contributed by atoms with E-state index in [-0.39, 0.29) is 25.6 Å². The van der Waals surface area contributed by atoms with Crippen LogP contribution >= 0.6 is 0 Å². The molecule has 14 heteroatoms. The lowest BCUT2D eigenvalue weighted by atomic mass is 9.98. The van der Waals surface area contributed by atoms with Crippen LogP contribution in [0.5, 0.6) is 0 Å². The van der Waals surface area contributed by atoms with Gasteiger partial charge in [-0.25, -0.2) is 0 Å². The highest BCUT2D eigenvalue weighted by molar-refractivity contribution is 5.69. The molecule has 0 amide bonds. The van der Waals surface area contributed by atoms with E-state index in [1.165, 1.54) is 167 Å². The van der Waals surface area contributed by atoms with E-state index in [1.54, 1.807) is 0 Å². The van der Waals surface area contributed by atoms with Crippen molar-refractivity contribution in [2.75, 3.05) is 33.0 Å². The van der Waals surface area contributed by atoms with Crippen molar-refractivity contribution in [2.24, 2.45) is 0 Å². The summed E-state index contributed by atoms with van der Waals surface area (Å²) < 4.78 is 34.5. The smallest absolute Gasteiger partial charge is 0.306 e.